The van der Waals surface area contributed by atoms with Crippen LogP contribution in [0.2, 0.25) is 0 Å². The lowest BCUT2D eigenvalue weighted by atomic mass is 10.1. The lowest BCUT2D eigenvalue weighted by molar-refractivity contribution is 0.0723. The number of carbonyl (C=O) groups is 1. The van der Waals surface area contributed by atoms with Gasteiger partial charge in [-0.25, -0.2) is 9.97 Å². The Labute approximate surface area is 157 Å². The van der Waals surface area contributed by atoms with E-state index in [2.05, 4.69) is 35.3 Å². The number of aromatic nitrogens is 2. The molecule has 1 aromatic carbocycles. The fourth-order valence-electron chi connectivity index (χ4n) is 2.79. The summed E-state index contributed by atoms with van der Waals surface area (Å²) in [6.07, 6.45) is 1.43. The molecule has 3 aromatic rings. The van der Waals surface area contributed by atoms with Crippen LogP contribution in [0.25, 0.3) is 11.3 Å². The molecule has 0 fully saturated rings. The lowest BCUT2D eigenvalue weighted by Crippen LogP contribution is -2.33. The molecule has 0 aliphatic rings. The molecule has 2 N–H and O–H groups in total. The number of nitrogens with zero attached hydrogens (tertiary/aromatic N) is 3. The van der Waals surface area contributed by atoms with Gasteiger partial charge in [0.05, 0.1) is 5.69 Å². The van der Waals surface area contributed by atoms with Crippen LogP contribution in [0.5, 0.6) is 0 Å². The van der Waals surface area contributed by atoms with Crippen molar-refractivity contribution in [3.05, 3.63) is 64.6 Å². The molecular formula is C20H22N4OS. The highest BCUT2D eigenvalue weighted by Gasteiger charge is 2.18. The van der Waals surface area contributed by atoms with Crippen LogP contribution in [0.1, 0.15) is 29.8 Å². The molecule has 0 saturated carbocycles. The van der Waals surface area contributed by atoms with Crippen molar-refractivity contribution in [2.75, 3.05) is 12.3 Å². The molecule has 2 aromatic heterocycles. The summed E-state index contributed by atoms with van der Waals surface area (Å²) in [5, 5.41) is 4.12. The molecule has 0 unspecified atom stereocenters. The standard InChI is InChI=1S/C20H22N4OS/c1-14(2)10-24(11-15-6-7-26-12-15)20(25)17-5-3-4-16(8-17)18-9-19(21)23-13-22-18/h3-9,12-14H,10-11H2,1-2H3,(H2,21,22,23). The average molecular weight is 366 g/mol. The van der Waals surface area contributed by atoms with Gasteiger partial charge >= 0.3 is 0 Å². The Hall–Kier alpha value is -2.73. The van der Waals surface area contributed by atoms with E-state index >= 15 is 0 Å². The first-order chi connectivity index (χ1) is 12.5. The smallest absolute Gasteiger partial charge is 0.254 e. The third-order valence-corrected chi connectivity index (χ3v) is 4.65. The number of nitrogens with two attached hydrogens (primary N) is 1. The van der Waals surface area contributed by atoms with Crippen LogP contribution in [0, 0.1) is 5.92 Å². The van der Waals surface area contributed by atoms with E-state index in [0.29, 0.717) is 36.1 Å². The van der Waals surface area contributed by atoms with Crippen LogP contribution >= 0.6 is 11.3 Å². The molecule has 0 atom stereocenters. The van der Waals surface area contributed by atoms with Gasteiger partial charge in [-0.15, -0.1) is 0 Å². The number of amides is 1. The van der Waals surface area contributed by atoms with Crippen LogP contribution in [0.4, 0.5) is 5.82 Å². The number of hydrogen-bond acceptors (Lipinski definition) is 5. The van der Waals surface area contributed by atoms with Crippen LogP contribution < -0.4 is 5.73 Å². The van der Waals surface area contributed by atoms with E-state index in [-0.39, 0.29) is 5.91 Å². The molecule has 0 radical (unpaired) electrons. The molecule has 0 bridgehead atoms. The van der Waals surface area contributed by atoms with E-state index in [0.717, 1.165) is 11.1 Å². The number of benzene rings is 1. The zero-order valence-corrected chi connectivity index (χ0v) is 15.7. The van der Waals surface area contributed by atoms with Gasteiger partial charge in [-0.3, -0.25) is 4.79 Å². The Balaban J connectivity index is 1.87. The van der Waals surface area contributed by atoms with Gasteiger partial charge in [0.1, 0.15) is 12.1 Å². The monoisotopic (exact) mass is 366 g/mol. The van der Waals surface area contributed by atoms with Crippen molar-refractivity contribution in [1.82, 2.24) is 14.9 Å². The third-order valence-electron chi connectivity index (χ3n) is 3.92. The van der Waals surface area contributed by atoms with Gasteiger partial charge in [0, 0.05) is 30.3 Å². The zero-order chi connectivity index (χ0) is 18.5. The molecule has 134 valence electrons. The molecule has 0 aliphatic heterocycles. The van der Waals surface area contributed by atoms with Crippen molar-refractivity contribution in [2.24, 2.45) is 5.92 Å². The van der Waals surface area contributed by atoms with Crippen LogP contribution in [-0.2, 0) is 6.54 Å². The average Bonchev–Trinajstić information content (AvgIpc) is 3.13. The second-order valence-electron chi connectivity index (χ2n) is 6.62. The van der Waals surface area contributed by atoms with Gasteiger partial charge in [-0.2, -0.15) is 11.3 Å². The fraction of sp³-hybridized carbons (Fsp3) is 0.250. The van der Waals surface area contributed by atoms with Crippen molar-refractivity contribution >= 4 is 23.1 Å². The fourth-order valence-corrected chi connectivity index (χ4v) is 3.45. The summed E-state index contributed by atoms with van der Waals surface area (Å²) in [4.78, 5) is 23.2. The number of thiophene rings is 1. The Kier molecular flexibility index (Phi) is 5.63. The maximum absolute atomic E-state index is 13.1. The quantitative estimate of drug-likeness (QED) is 0.713. The lowest BCUT2D eigenvalue weighted by Gasteiger charge is -2.24. The van der Waals surface area contributed by atoms with Gasteiger partial charge in [-0.05, 0) is 40.4 Å². The summed E-state index contributed by atoms with van der Waals surface area (Å²) in [7, 11) is 0. The summed E-state index contributed by atoms with van der Waals surface area (Å²) in [5.41, 5.74) is 9.11. The number of anilines is 1. The maximum Gasteiger partial charge on any atom is 0.254 e. The summed E-state index contributed by atoms with van der Waals surface area (Å²) >= 11 is 1.65. The minimum absolute atomic E-state index is 0.0220. The number of rotatable bonds is 6. The number of nitrogen functional groups attached to an aromatic ring is 1. The Morgan fingerprint density at radius 1 is 1.23 bits per heavy atom. The summed E-state index contributed by atoms with van der Waals surface area (Å²) in [6, 6.07) is 11.3. The van der Waals surface area contributed by atoms with Gasteiger partial charge in [0.2, 0.25) is 0 Å². The highest BCUT2D eigenvalue weighted by Crippen LogP contribution is 2.21. The van der Waals surface area contributed by atoms with E-state index in [9.17, 15) is 4.79 Å². The number of carbonyl (C=O) groups excluding carboxylic acids is 1. The van der Waals surface area contributed by atoms with E-state index in [4.69, 9.17) is 5.73 Å². The zero-order valence-electron chi connectivity index (χ0n) is 14.9. The van der Waals surface area contributed by atoms with Crippen molar-refractivity contribution < 1.29 is 4.79 Å². The van der Waals surface area contributed by atoms with E-state index < -0.39 is 0 Å². The Morgan fingerprint density at radius 3 is 2.77 bits per heavy atom. The molecule has 1 amide bonds. The Morgan fingerprint density at radius 2 is 2.08 bits per heavy atom. The molecular weight excluding hydrogens is 344 g/mol. The first-order valence-electron chi connectivity index (χ1n) is 8.51. The molecule has 0 saturated heterocycles. The molecule has 5 nitrogen and oxygen atoms in total. The third kappa shape index (κ3) is 4.46. The van der Waals surface area contributed by atoms with E-state index in [1.165, 1.54) is 6.33 Å². The van der Waals surface area contributed by atoms with Gasteiger partial charge in [0.25, 0.3) is 5.91 Å². The van der Waals surface area contributed by atoms with Crippen molar-refractivity contribution in [2.45, 2.75) is 20.4 Å². The minimum atomic E-state index is 0.0220. The van der Waals surface area contributed by atoms with E-state index in [1.807, 2.05) is 34.5 Å². The summed E-state index contributed by atoms with van der Waals surface area (Å²) in [6.45, 7) is 5.56. The van der Waals surface area contributed by atoms with Gasteiger partial charge in [-0.1, -0.05) is 26.0 Å². The molecule has 3 rings (SSSR count). The van der Waals surface area contributed by atoms with Crippen LogP contribution in [-0.4, -0.2) is 27.3 Å². The largest absolute Gasteiger partial charge is 0.384 e. The topological polar surface area (TPSA) is 72.1 Å². The molecule has 0 aliphatic carbocycles. The Bertz CT molecular complexity index is 877. The van der Waals surface area contributed by atoms with Crippen molar-refractivity contribution in [3.8, 4) is 11.3 Å². The highest BCUT2D eigenvalue weighted by molar-refractivity contribution is 7.07. The normalized spacial score (nSPS) is 10.9. The first kappa shape index (κ1) is 18.1. The molecule has 0 spiro atoms. The predicted molar refractivity (Wildman–Crippen MR) is 106 cm³/mol. The maximum atomic E-state index is 13.1. The van der Waals surface area contributed by atoms with E-state index in [1.54, 1.807) is 17.4 Å². The summed E-state index contributed by atoms with van der Waals surface area (Å²) < 4.78 is 0. The first-order valence-corrected chi connectivity index (χ1v) is 9.45. The van der Waals surface area contributed by atoms with Crippen LogP contribution in [0.15, 0.2) is 53.5 Å². The molecule has 26 heavy (non-hydrogen) atoms. The molecule has 6 heteroatoms. The second-order valence-corrected chi connectivity index (χ2v) is 7.40. The number of hydrogen-bond donors (Lipinski definition) is 1. The predicted octanol–water partition coefficient (Wildman–Crippen LogP) is 4.09. The minimum Gasteiger partial charge on any atom is -0.384 e. The van der Waals surface area contributed by atoms with Crippen LogP contribution in [0.3, 0.4) is 0 Å². The SMILES string of the molecule is CC(C)CN(Cc1ccsc1)C(=O)c1cccc(-c2cc(N)ncn2)c1. The van der Waals surface area contributed by atoms with Gasteiger partial charge < -0.3 is 10.6 Å². The second kappa shape index (κ2) is 8.10. The summed E-state index contributed by atoms with van der Waals surface area (Å²) in [5.74, 6) is 0.821. The van der Waals surface area contributed by atoms with Gasteiger partial charge in [0.15, 0.2) is 0 Å². The molecule has 2 heterocycles. The van der Waals surface area contributed by atoms with Crippen molar-refractivity contribution in [1.29, 1.82) is 0 Å². The highest BCUT2D eigenvalue weighted by atomic mass is 32.1. The van der Waals surface area contributed by atoms with Crippen molar-refractivity contribution in [3.63, 3.8) is 0 Å².